The van der Waals surface area contributed by atoms with Gasteiger partial charge in [-0.05, 0) is 31.4 Å². The fourth-order valence-electron chi connectivity index (χ4n) is 3.73. The van der Waals surface area contributed by atoms with Gasteiger partial charge in [0.1, 0.15) is 11.6 Å². The van der Waals surface area contributed by atoms with Crippen molar-refractivity contribution >= 4 is 11.7 Å². The summed E-state index contributed by atoms with van der Waals surface area (Å²) in [6, 6.07) is 8.10. The van der Waals surface area contributed by atoms with E-state index < -0.39 is 0 Å². The molecule has 0 saturated heterocycles. The van der Waals surface area contributed by atoms with E-state index in [0.29, 0.717) is 11.1 Å². The summed E-state index contributed by atoms with van der Waals surface area (Å²) in [6.45, 7) is 0.171. The Hall–Kier alpha value is -3.26. The molecule has 1 amide bonds. The first-order valence-electron chi connectivity index (χ1n) is 9.91. The fourth-order valence-corrected chi connectivity index (χ4v) is 3.73. The molecule has 1 aliphatic carbocycles. The molecule has 2 atom stereocenters. The van der Waals surface area contributed by atoms with Crippen LogP contribution in [-0.2, 0) is 18.4 Å². The molecule has 1 aromatic carbocycles. The molecule has 3 N–H and O–H groups in total. The first kappa shape index (κ1) is 20.0. The third-order valence-electron chi connectivity index (χ3n) is 5.38. The molecule has 8 heteroatoms. The molecule has 3 aromatic rings. The van der Waals surface area contributed by atoms with Crippen molar-refractivity contribution in [3.05, 3.63) is 65.9 Å². The minimum atomic E-state index is -0.294. The number of aryl methyl sites for hydroxylation is 1. The van der Waals surface area contributed by atoms with Crippen LogP contribution in [0.15, 0.2) is 48.9 Å². The van der Waals surface area contributed by atoms with E-state index in [1.54, 1.807) is 41.3 Å². The number of ether oxygens (including phenoxy) is 1. The highest BCUT2D eigenvalue weighted by Gasteiger charge is 2.30. The number of hydrogen-bond acceptors (Lipinski definition) is 5. The summed E-state index contributed by atoms with van der Waals surface area (Å²) in [5, 5.41) is 7.17. The van der Waals surface area contributed by atoms with Gasteiger partial charge in [-0.3, -0.25) is 9.48 Å². The maximum atomic E-state index is 13.8. The van der Waals surface area contributed by atoms with Crippen molar-refractivity contribution in [3.63, 3.8) is 0 Å². The third-order valence-corrected chi connectivity index (χ3v) is 5.38. The van der Waals surface area contributed by atoms with E-state index in [2.05, 4.69) is 15.4 Å². The summed E-state index contributed by atoms with van der Waals surface area (Å²) >= 11 is 0. The van der Waals surface area contributed by atoms with Gasteiger partial charge in [0.15, 0.2) is 0 Å². The monoisotopic (exact) mass is 409 g/mol. The maximum absolute atomic E-state index is 13.8. The molecule has 4 rings (SSSR count). The lowest BCUT2D eigenvalue weighted by Crippen LogP contribution is -2.41. The van der Waals surface area contributed by atoms with Crippen LogP contribution in [0.25, 0.3) is 11.1 Å². The van der Waals surface area contributed by atoms with Crippen LogP contribution >= 0.6 is 0 Å². The molecule has 0 bridgehead atoms. The first-order chi connectivity index (χ1) is 14.5. The number of rotatable bonds is 6. The maximum Gasteiger partial charge on any atom is 0.255 e. The van der Waals surface area contributed by atoms with Gasteiger partial charge >= 0.3 is 0 Å². The van der Waals surface area contributed by atoms with Gasteiger partial charge in [0, 0.05) is 36.1 Å². The lowest BCUT2D eigenvalue weighted by molar-refractivity contribution is 0.0259. The number of nitrogens with zero attached hydrogens (tertiary/aromatic N) is 3. The SMILES string of the molecule is Cn1cc(-c2cnc(N)c(C(=O)N[C@@H]3CCC[C@H]3OCc3ccccc3F)c2)cn1. The van der Waals surface area contributed by atoms with Crippen LogP contribution in [0, 0.1) is 5.82 Å². The lowest BCUT2D eigenvalue weighted by atomic mass is 10.1. The van der Waals surface area contributed by atoms with Gasteiger partial charge < -0.3 is 15.8 Å². The number of pyridine rings is 1. The molecule has 7 nitrogen and oxygen atoms in total. The Morgan fingerprint density at radius 1 is 1.30 bits per heavy atom. The zero-order chi connectivity index (χ0) is 21.1. The van der Waals surface area contributed by atoms with Crippen molar-refractivity contribution in [3.8, 4) is 11.1 Å². The zero-order valence-electron chi connectivity index (χ0n) is 16.7. The minimum Gasteiger partial charge on any atom is -0.383 e. The van der Waals surface area contributed by atoms with Crippen molar-refractivity contribution in [1.82, 2.24) is 20.1 Å². The first-order valence-corrected chi connectivity index (χ1v) is 9.91. The van der Waals surface area contributed by atoms with Crippen LogP contribution in [0.4, 0.5) is 10.2 Å². The largest absolute Gasteiger partial charge is 0.383 e. The highest BCUT2D eigenvalue weighted by Crippen LogP contribution is 2.26. The van der Waals surface area contributed by atoms with Gasteiger partial charge in [-0.2, -0.15) is 5.10 Å². The Kier molecular flexibility index (Phi) is 5.76. The van der Waals surface area contributed by atoms with E-state index in [1.807, 2.05) is 13.2 Å². The second-order valence-corrected chi connectivity index (χ2v) is 7.51. The molecule has 0 unspecified atom stereocenters. The number of nitrogen functional groups attached to an aromatic ring is 1. The average Bonchev–Trinajstić information content (AvgIpc) is 3.36. The van der Waals surface area contributed by atoms with Crippen LogP contribution in [0.2, 0.25) is 0 Å². The van der Waals surface area contributed by atoms with E-state index in [0.717, 1.165) is 30.4 Å². The highest BCUT2D eigenvalue weighted by atomic mass is 19.1. The van der Waals surface area contributed by atoms with Gasteiger partial charge in [-0.1, -0.05) is 18.2 Å². The molecule has 1 saturated carbocycles. The van der Waals surface area contributed by atoms with Crippen molar-refractivity contribution < 1.29 is 13.9 Å². The normalized spacial score (nSPS) is 18.5. The molecule has 0 aliphatic heterocycles. The predicted octanol–water partition coefficient (Wildman–Crippen LogP) is 3.07. The summed E-state index contributed by atoms with van der Waals surface area (Å²) < 4.78 is 21.5. The second-order valence-electron chi connectivity index (χ2n) is 7.51. The Morgan fingerprint density at radius 2 is 2.13 bits per heavy atom. The van der Waals surface area contributed by atoms with E-state index in [1.165, 1.54) is 6.07 Å². The van der Waals surface area contributed by atoms with Crippen molar-refractivity contribution in [2.24, 2.45) is 7.05 Å². The Morgan fingerprint density at radius 3 is 2.90 bits per heavy atom. The van der Waals surface area contributed by atoms with Crippen molar-refractivity contribution in [2.45, 2.75) is 38.0 Å². The average molecular weight is 409 g/mol. The number of carbonyl (C=O) groups is 1. The van der Waals surface area contributed by atoms with Crippen LogP contribution < -0.4 is 11.1 Å². The van der Waals surface area contributed by atoms with Gasteiger partial charge in [0.2, 0.25) is 0 Å². The zero-order valence-corrected chi connectivity index (χ0v) is 16.7. The minimum absolute atomic E-state index is 0.161. The van der Waals surface area contributed by atoms with E-state index in [-0.39, 0.29) is 36.3 Å². The molecule has 1 fully saturated rings. The quantitative estimate of drug-likeness (QED) is 0.652. The summed E-state index contributed by atoms with van der Waals surface area (Å²) in [5.74, 6) is -0.416. The standard InChI is InChI=1S/C22H24FN5O2/c1-28-12-16(11-26-28)15-9-17(21(24)25-10-15)22(29)27-19-7-4-8-20(19)30-13-14-5-2-3-6-18(14)23/h2-3,5-6,9-12,19-20H,4,7-8,13H2,1H3,(H2,24,25)(H,27,29)/t19-,20-/m1/s1. The van der Waals surface area contributed by atoms with Gasteiger partial charge in [0.05, 0.1) is 30.5 Å². The molecule has 2 aromatic heterocycles. The number of hydrogen-bond donors (Lipinski definition) is 2. The van der Waals surface area contributed by atoms with Gasteiger partial charge in [-0.15, -0.1) is 0 Å². The van der Waals surface area contributed by atoms with E-state index >= 15 is 0 Å². The smallest absolute Gasteiger partial charge is 0.255 e. The Balaban J connectivity index is 1.44. The lowest BCUT2D eigenvalue weighted by Gasteiger charge is -2.22. The summed E-state index contributed by atoms with van der Waals surface area (Å²) in [4.78, 5) is 17.1. The third kappa shape index (κ3) is 4.33. The van der Waals surface area contributed by atoms with Gasteiger partial charge in [-0.25, -0.2) is 9.37 Å². The molecule has 0 radical (unpaired) electrons. The topological polar surface area (TPSA) is 95.1 Å². The summed E-state index contributed by atoms with van der Waals surface area (Å²) in [7, 11) is 1.82. The molecule has 30 heavy (non-hydrogen) atoms. The molecule has 156 valence electrons. The van der Waals surface area contributed by atoms with Crippen LogP contribution in [0.1, 0.15) is 35.2 Å². The number of carbonyl (C=O) groups excluding carboxylic acids is 1. The molecule has 2 heterocycles. The Bertz CT molecular complexity index is 1050. The predicted molar refractivity (Wildman–Crippen MR) is 111 cm³/mol. The summed E-state index contributed by atoms with van der Waals surface area (Å²) in [6.07, 6.45) is 7.53. The highest BCUT2D eigenvalue weighted by molar-refractivity contribution is 5.99. The van der Waals surface area contributed by atoms with Crippen molar-refractivity contribution in [2.75, 3.05) is 5.73 Å². The van der Waals surface area contributed by atoms with Gasteiger partial charge in [0.25, 0.3) is 5.91 Å². The summed E-state index contributed by atoms with van der Waals surface area (Å²) in [5.41, 5.74) is 8.41. The van der Waals surface area contributed by atoms with Crippen LogP contribution in [0.3, 0.4) is 0 Å². The molecule has 1 aliphatic rings. The number of benzene rings is 1. The van der Waals surface area contributed by atoms with Crippen LogP contribution in [0.5, 0.6) is 0 Å². The number of nitrogens with one attached hydrogen (secondary N) is 1. The molecule has 0 spiro atoms. The molecular weight excluding hydrogens is 385 g/mol. The van der Waals surface area contributed by atoms with E-state index in [9.17, 15) is 9.18 Å². The number of anilines is 1. The van der Waals surface area contributed by atoms with E-state index in [4.69, 9.17) is 10.5 Å². The Labute approximate surface area is 174 Å². The molecular formula is C22H24FN5O2. The number of halogens is 1. The number of amides is 1. The van der Waals surface area contributed by atoms with Crippen LogP contribution in [-0.4, -0.2) is 32.8 Å². The number of nitrogens with two attached hydrogens (primary N) is 1. The number of aromatic nitrogens is 3. The second kappa shape index (κ2) is 8.62. The van der Waals surface area contributed by atoms with Crippen molar-refractivity contribution in [1.29, 1.82) is 0 Å². The fraction of sp³-hybridized carbons (Fsp3) is 0.318.